The monoisotopic (exact) mass is 348 g/mol. The summed E-state index contributed by atoms with van der Waals surface area (Å²) in [5.74, 6) is 1.58. The maximum Gasteiger partial charge on any atom is 0.262 e. The molecule has 1 aliphatic carbocycles. The number of aromatic nitrogens is 2. The third kappa shape index (κ3) is 3.82. The van der Waals surface area contributed by atoms with Gasteiger partial charge >= 0.3 is 0 Å². The molecule has 1 aliphatic heterocycles. The molecule has 1 aromatic rings. The van der Waals surface area contributed by atoms with Crippen LogP contribution in [-0.4, -0.2) is 48.0 Å². The van der Waals surface area contributed by atoms with Crippen LogP contribution in [0.15, 0.2) is 11.2 Å². The molecule has 1 saturated carbocycles. The third-order valence-electron chi connectivity index (χ3n) is 4.54. The molecular weight excluding hydrogens is 324 g/mol. The van der Waals surface area contributed by atoms with Gasteiger partial charge in [-0.1, -0.05) is 0 Å². The summed E-state index contributed by atoms with van der Waals surface area (Å²) in [5, 5.41) is 3.74. The van der Waals surface area contributed by atoms with Crippen LogP contribution in [0.5, 0.6) is 0 Å². The van der Waals surface area contributed by atoms with Gasteiger partial charge in [0, 0.05) is 32.4 Å². The summed E-state index contributed by atoms with van der Waals surface area (Å²) in [6, 6.07) is 0.461. The highest BCUT2D eigenvalue weighted by molar-refractivity contribution is 7.89. The van der Waals surface area contributed by atoms with E-state index in [1.165, 1.54) is 12.8 Å². The minimum atomic E-state index is -3.43. The SMILES string of the molecule is Cc1nc(S(=O)(=O)N2CCC(NCC3CC3)CC2)cn1C.Cl. The van der Waals surface area contributed by atoms with Gasteiger partial charge < -0.3 is 9.88 Å². The molecule has 1 aromatic heterocycles. The first-order valence-electron chi connectivity index (χ1n) is 7.70. The molecule has 1 N–H and O–H groups in total. The Bertz CT molecular complexity index is 585. The number of hydrogen-bond acceptors (Lipinski definition) is 4. The van der Waals surface area contributed by atoms with Crippen molar-refractivity contribution >= 4 is 22.4 Å². The smallest absolute Gasteiger partial charge is 0.262 e. The summed E-state index contributed by atoms with van der Waals surface area (Å²) in [6.45, 7) is 4.07. The van der Waals surface area contributed by atoms with Gasteiger partial charge in [0.1, 0.15) is 5.82 Å². The quantitative estimate of drug-likeness (QED) is 0.871. The van der Waals surface area contributed by atoms with Crippen LogP contribution in [0.2, 0.25) is 0 Å². The van der Waals surface area contributed by atoms with Crippen LogP contribution in [0.4, 0.5) is 0 Å². The molecule has 3 rings (SSSR count). The Balaban J connectivity index is 0.00000176. The van der Waals surface area contributed by atoms with Gasteiger partial charge in [-0.3, -0.25) is 0 Å². The van der Waals surface area contributed by atoms with Crippen LogP contribution in [0.25, 0.3) is 0 Å². The molecular formula is C14H25ClN4O2S. The van der Waals surface area contributed by atoms with Crippen LogP contribution < -0.4 is 5.32 Å². The van der Waals surface area contributed by atoms with Crippen molar-refractivity contribution in [2.24, 2.45) is 13.0 Å². The Morgan fingerprint density at radius 2 is 1.91 bits per heavy atom. The Labute approximate surface area is 138 Å². The van der Waals surface area contributed by atoms with Gasteiger partial charge in [-0.15, -0.1) is 12.4 Å². The topological polar surface area (TPSA) is 67.2 Å². The molecule has 1 saturated heterocycles. The third-order valence-corrected chi connectivity index (χ3v) is 6.31. The first-order chi connectivity index (χ1) is 9.96. The predicted molar refractivity (Wildman–Crippen MR) is 87.7 cm³/mol. The van der Waals surface area contributed by atoms with E-state index >= 15 is 0 Å². The lowest BCUT2D eigenvalue weighted by Gasteiger charge is -2.31. The molecule has 0 bridgehead atoms. The van der Waals surface area contributed by atoms with Gasteiger partial charge in [-0.25, -0.2) is 13.4 Å². The van der Waals surface area contributed by atoms with Gasteiger partial charge in [-0.2, -0.15) is 4.31 Å². The van der Waals surface area contributed by atoms with Crippen LogP contribution in [0, 0.1) is 12.8 Å². The van der Waals surface area contributed by atoms with E-state index in [2.05, 4.69) is 10.3 Å². The number of aryl methyl sites for hydroxylation is 2. The van der Waals surface area contributed by atoms with E-state index in [-0.39, 0.29) is 17.4 Å². The molecule has 0 spiro atoms. The molecule has 2 heterocycles. The van der Waals surface area contributed by atoms with Crippen LogP contribution in [-0.2, 0) is 17.1 Å². The zero-order valence-electron chi connectivity index (χ0n) is 13.2. The molecule has 22 heavy (non-hydrogen) atoms. The summed E-state index contributed by atoms with van der Waals surface area (Å²) >= 11 is 0. The zero-order valence-corrected chi connectivity index (χ0v) is 14.8. The number of rotatable bonds is 5. The number of nitrogens with zero attached hydrogens (tertiary/aromatic N) is 3. The summed E-state index contributed by atoms with van der Waals surface area (Å²) in [6.07, 6.45) is 6.07. The summed E-state index contributed by atoms with van der Waals surface area (Å²) in [7, 11) is -1.62. The standard InChI is InChI=1S/C14H24N4O2S.ClH/c1-11-16-14(10-17(11)2)21(19,20)18-7-5-13(6-8-18)15-9-12-3-4-12;/h10,12-13,15H,3-9H2,1-2H3;1H. The summed E-state index contributed by atoms with van der Waals surface area (Å²) < 4.78 is 28.5. The zero-order chi connectivity index (χ0) is 15.0. The van der Waals surface area contributed by atoms with Crippen molar-refractivity contribution in [3.63, 3.8) is 0 Å². The fourth-order valence-corrected chi connectivity index (χ4v) is 4.23. The Hall–Kier alpha value is -0.630. The Morgan fingerprint density at radius 1 is 1.27 bits per heavy atom. The van der Waals surface area contributed by atoms with Gasteiger partial charge in [0.2, 0.25) is 0 Å². The number of halogens is 1. The number of imidazole rings is 1. The summed E-state index contributed by atoms with van der Waals surface area (Å²) in [4.78, 5) is 4.16. The molecule has 126 valence electrons. The highest BCUT2D eigenvalue weighted by Gasteiger charge is 2.31. The van der Waals surface area contributed by atoms with Crippen molar-refractivity contribution in [2.75, 3.05) is 19.6 Å². The number of piperidine rings is 1. The van der Waals surface area contributed by atoms with E-state index in [0.717, 1.165) is 31.1 Å². The van der Waals surface area contributed by atoms with Gasteiger partial charge in [0.15, 0.2) is 5.03 Å². The molecule has 2 fully saturated rings. The highest BCUT2D eigenvalue weighted by Crippen LogP contribution is 2.28. The largest absolute Gasteiger partial charge is 0.337 e. The average molecular weight is 349 g/mol. The van der Waals surface area contributed by atoms with E-state index in [1.54, 1.807) is 15.1 Å². The molecule has 0 radical (unpaired) electrons. The van der Waals surface area contributed by atoms with Crippen LogP contribution in [0.3, 0.4) is 0 Å². The number of sulfonamides is 1. The molecule has 0 aromatic carbocycles. The predicted octanol–water partition coefficient (Wildman–Crippen LogP) is 1.30. The Kier molecular flexibility index (Phi) is 5.53. The minimum absolute atomic E-state index is 0. The van der Waals surface area contributed by atoms with E-state index in [9.17, 15) is 8.42 Å². The van der Waals surface area contributed by atoms with Gasteiger partial charge in [-0.05, 0) is 45.1 Å². The van der Waals surface area contributed by atoms with E-state index < -0.39 is 10.0 Å². The first kappa shape index (κ1) is 17.7. The van der Waals surface area contributed by atoms with E-state index in [1.807, 2.05) is 14.0 Å². The Morgan fingerprint density at radius 3 is 2.41 bits per heavy atom. The van der Waals surface area contributed by atoms with Crippen molar-refractivity contribution in [3.8, 4) is 0 Å². The molecule has 0 atom stereocenters. The van der Waals surface area contributed by atoms with Gasteiger partial charge in [0.25, 0.3) is 10.0 Å². The van der Waals surface area contributed by atoms with Crippen molar-refractivity contribution in [3.05, 3.63) is 12.0 Å². The lowest BCUT2D eigenvalue weighted by atomic mass is 10.1. The minimum Gasteiger partial charge on any atom is -0.337 e. The number of nitrogens with one attached hydrogen (secondary N) is 1. The molecule has 6 nitrogen and oxygen atoms in total. The lowest BCUT2D eigenvalue weighted by molar-refractivity contribution is 0.287. The molecule has 0 amide bonds. The van der Waals surface area contributed by atoms with Gasteiger partial charge in [0.05, 0.1) is 0 Å². The second-order valence-corrected chi connectivity index (χ2v) is 8.15. The summed E-state index contributed by atoms with van der Waals surface area (Å²) in [5.41, 5.74) is 0. The van der Waals surface area contributed by atoms with Crippen molar-refractivity contribution in [2.45, 2.75) is 43.7 Å². The highest BCUT2D eigenvalue weighted by atomic mass is 35.5. The van der Waals surface area contributed by atoms with Crippen molar-refractivity contribution in [1.82, 2.24) is 19.2 Å². The second kappa shape index (κ2) is 6.86. The lowest BCUT2D eigenvalue weighted by Crippen LogP contribution is -2.45. The van der Waals surface area contributed by atoms with Crippen LogP contribution in [0.1, 0.15) is 31.5 Å². The van der Waals surface area contributed by atoms with Crippen molar-refractivity contribution in [1.29, 1.82) is 0 Å². The van der Waals surface area contributed by atoms with Crippen LogP contribution >= 0.6 is 12.4 Å². The first-order valence-corrected chi connectivity index (χ1v) is 9.14. The molecule has 0 unspecified atom stereocenters. The molecule has 2 aliphatic rings. The fourth-order valence-electron chi connectivity index (χ4n) is 2.74. The maximum absolute atomic E-state index is 12.6. The second-order valence-electron chi connectivity index (χ2n) is 6.27. The normalized spacial score (nSPS) is 20.8. The van der Waals surface area contributed by atoms with E-state index in [0.29, 0.717) is 19.1 Å². The number of hydrogen-bond donors (Lipinski definition) is 1. The fraction of sp³-hybridized carbons (Fsp3) is 0.786. The van der Waals surface area contributed by atoms with E-state index in [4.69, 9.17) is 0 Å². The van der Waals surface area contributed by atoms with Crippen molar-refractivity contribution < 1.29 is 8.42 Å². The molecule has 8 heteroatoms. The maximum atomic E-state index is 12.6. The average Bonchev–Trinajstić information content (AvgIpc) is 3.23.